The molecule has 0 aliphatic carbocycles. The van der Waals surface area contributed by atoms with E-state index in [9.17, 15) is 4.79 Å². The van der Waals surface area contributed by atoms with Gasteiger partial charge in [-0.2, -0.15) is 0 Å². The van der Waals surface area contributed by atoms with Crippen LogP contribution in [0, 0.1) is 11.8 Å². The monoisotopic (exact) mass is 379 g/mol. The average molecular weight is 381 g/mol. The largest absolute Gasteiger partial charge is 0.543 e. The van der Waals surface area contributed by atoms with Gasteiger partial charge in [0.05, 0.1) is 5.92 Å². The van der Waals surface area contributed by atoms with E-state index in [1.54, 1.807) is 0 Å². The smallest absolute Gasteiger partial charge is 0.325 e. The molecule has 1 heterocycles. The van der Waals surface area contributed by atoms with Crippen molar-refractivity contribution >= 4 is 56.1 Å². The van der Waals surface area contributed by atoms with Crippen molar-refractivity contribution in [3.63, 3.8) is 0 Å². The van der Waals surface area contributed by atoms with Gasteiger partial charge in [0.1, 0.15) is 0 Å². The number of nitrogens with zero attached hydrogens (tertiary/aromatic N) is 1. The van der Waals surface area contributed by atoms with Gasteiger partial charge < -0.3 is 9.55 Å². The van der Waals surface area contributed by atoms with Crippen LogP contribution in [0.15, 0.2) is 24.3 Å². The Kier molecular flexibility index (Phi) is 10.8. The van der Waals surface area contributed by atoms with Crippen LogP contribution in [-0.2, 0) is 9.45 Å². The molecule has 0 spiro atoms. The standard InChI is InChI=1S/C16H23BClNO2.2ClH/c1-2-3-4-15(16(20)21-17)12-9-10-19(11-12)14-7-5-13(18)6-8-14;;/h5-8,12,15H,2-4,9-11,17H2,1H3;2*1H. The Morgan fingerprint density at radius 2 is 2.04 bits per heavy atom. The van der Waals surface area contributed by atoms with Gasteiger partial charge in [0.15, 0.2) is 0 Å². The Balaban J connectivity index is 0.00000242. The average Bonchev–Trinajstić information content (AvgIpc) is 2.97. The van der Waals surface area contributed by atoms with Crippen LogP contribution in [0.2, 0.25) is 5.02 Å². The van der Waals surface area contributed by atoms with Crippen LogP contribution in [0.1, 0.15) is 32.6 Å². The van der Waals surface area contributed by atoms with Crippen LogP contribution in [0.25, 0.3) is 0 Å². The highest BCUT2D eigenvalue weighted by Crippen LogP contribution is 2.32. The van der Waals surface area contributed by atoms with Crippen LogP contribution < -0.4 is 4.90 Å². The molecule has 0 bridgehead atoms. The van der Waals surface area contributed by atoms with E-state index in [0.717, 1.165) is 43.8 Å². The third-order valence-electron chi connectivity index (χ3n) is 4.36. The van der Waals surface area contributed by atoms with Crippen LogP contribution >= 0.6 is 36.4 Å². The molecule has 1 saturated heterocycles. The molecule has 2 atom stereocenters. The number of benzene rings is 1. The Hall–Kier alpha value is -0.575. The normalized spacial score (nSPS) is 17.8. The van der Waals surface area contributed by atoms with Gasteiger partial charge in [0.2, 0.25) is 0 Å². The molecule has 3 nitrogen and oxygen atoms in total. The molecule has 1 aromatic carbocycles. The molecule has 7 heteroatoms. The van der Waals surface area contributed by atoms with Gasteiger partial charge in [-0.3, -0.25) is 4.79 Å². The Labute approximate surface area is 157 Å². The molecule has 0 radical (unpaired) electrons. The van der Waals surface area contributed by atoms with E-state index in [1.165, 1.54) is 13.7 Å². The van der Waals surface area contributed by atoms with Crippen molar-refractivity contribution in [2.24, 2.45) is 11.8 Å². The van der Waals surface area contributed by atoms with Crippen molar-refractivity contribution in [1.29, 1.82) is 0 Å². The van der Waals surface area contributed by atoms with Crippen molar-refractivity contribution in [3.05, 3.63) is 29.3 Å². The highest BCUT2D eigenvalue weighted by Gasteiger charge is 2.33. The summed E-state index contributed by atoms with van der Waals surface area (Å²) in [7, 11) is 1.49. The first-order chi connectivity index (χ1) is 10.2. The molecular weight excluding hydrogens is 355 g/mol. The Bertz CT molecular complexity index is 473. The van der Waals surface area contributed by atoms with Gasteiger partial charge in [-0.1, -0.05) is 31.4 Å². The first-order valence-electron chi connectivity index (χ1n) is 7.74. The molecule has 1 aliphatic heterocycles. The number of unbranched alkanes of at least 4 members (excludes halogenated alkanes) is 1. The van der Waals surface area contributed by atoms with Crippen LogP contribution in [-0.4, -0.2) is 27.1 Å². The number of rotatable bonds is 6. The lowest BCUT2D eigenvalue weighted by Gasteiger charge is -2.23. The fourth-order valence-electron chi connectivity index (χ4n) is 3.12. The first-order valence-corrected chi connectivity index (χ1v) is 8.11. The lowest BCUT2D eigenvalue weighted by Crippen LogP contribution is -2.28. The fourth-order valence-corrected chi connectivity index (χ4v) is 3.25. The second-order valence-corrected chi connectivity index (χ2v) is 6.18. The maximum atomic E-state index is 12.0. The van der Waals surface area contributed by atoms with Crippen LogP contribution in [0.4, 0.5) is 5.69 Å². The zero-order chi connectivity index (χ0) is 15.2. The molecule has 23 heavy (non-hydrogen) atoms. The molecule has 130 valence electrons. The number of carbonyl (C=O) groups excluding carboxylic acids is 1. The van der Waals surface area contributed by atoms with Crippen molar-refractivity contribution in [1.82, 2.24) is 0 Å². The van der Waals surface area contributed by atoms with E-state index in [0.29, 0.717) is 5.92 Å². The summed E-state index contributed by atoms with van der Waals surface area (Å²) in [5.74, 6) is 0.373. The summed E-state index contributed by atoms with van der Waals surface area (Å²) in [5.41, 5.74) is 1.18. The summed E-state index contributed by atoms with van der Waals surface area (Å²) < 4.78 is 5.00. The van der Waals surface area contributed by atoms with Crippen LogP contribution in [0.5, 0.6) is 0 Å². The van der Waals surface area contributed by atoms with E-state index in [4.69, 9.17) is 16.3 Å². The van der Waals surface area contributed by atoms with E-state index >= 15 is 0 Å². The second-order valence-electron chi connectivity index (χ2n) is 5.74. The Morgan fingerprint density at radius 1 is 1.39 bits per heavy atom. The molecule has 0 amide bonds. The summed E-state index contributed by atoms with van der Waals surface area (Å²) >= 11 is 5.94. The number of carbonyl (C=O) groups is 1. The molecule has 0 N–H and O–H groups in total. The second kappa shape index (κ2) is 11.1. The van der Waals surface area contributed by atoms with Gasteiger partial charge >= 0.3 is 8.05 Å². The summed E-state index contributed by atoms with van der Waals surface area (Å²) in [5, 5.41) is 0.755. The quantitative estimate of drug-likeness (QED) is 0.701. The van der Waals surface area contributed by atoms with Crippen molar-refractivity contribution in [2.45, 2.75) is 32.6 Å². The molecule has 1 fully saturated rings. The third kappa shape index (κ3) is 6.09. The maximum Gasteiger partial charge on any atom is 0.325 e. The van der Waals surface area contributed by atoms with Gasteiger partial charge in [-0.25, -0.2) is 0 Å². The van der Waals surface area contributed by atoms with E-state index in [1.807, 2.05) is 24.3 Å². The molecule has 2 unspecified atom stereocenters. The fraction of sp³-hybridized carbons (Fsp3) is 0.562. The topological polar surface area (TPSA) is 29.5 Å². The zero-order valence-electron chi connectivity index (χ0n) is 13.7. The van der Waals surface area contributed by atoms with Crippen LogP contribution in [0.3, 0.4) is 0 Å². The van der Waals surface area contributed by atoms with Crippen molar-refractivity contribution in [2.75, 3.05) is 18.0 Å². The molecule has 0 aromatic heterocycles. The number of hydrogen-bond donors (Lipinski definition) is 0. The SMILES string of the molecule is BOC(=O)C(CCCC)C1CCN(c2ccc(Cl)cc2)C1.Cl.Cl. The third-order valence-corrected chi connectivity index (χ3v) is 4.61. The molecule has 0 saturated carbocycles. The molecule has 1 aromatic rings. The van der Waals surface area contributed by atoms with E-state index in [2.05, 4.69) is 11.8 Å². The van der Waals surface area contributed by atoms with E-state index in [-0.39, 0.29) is 36.7 Å². The van der Waals surface area contributed by atoms with Crippen molar-refractivity contribution < 1.29 is 9.45 Å². The minimum absolute atomic E-state index is 0. The number of hydrogen-bond acceptors (Lipinski definition) is 3. The number of halogens is 3. The summed E-state index contributed by atoms with van der Waals surface area (Å²) in [4.78, 5) is 14.4. The summed E-state index contributed by atoms with van der Waals surface area (Å²) in [6, 6.07) is 7.92. The number of anilines is 1. The molecule has 1 aliphatic rings. The lowest BCUT2D eigenvalue weighted by atomic mass is 9.87. The zero-order valence-corrected chi connectivity index (χ0v) is 16.1. The van der Waals surface area contributed by atoms with Gasteiger partial charge in [-0.05, 0) is 43.0 Å². The van der Waals surface area contributed by atoms with E-state index < -0.39 is 0 Å². The maximum absolute atomic E-state index is 12.0. The molecule has 2 rings (SSSR count). The highest BCUT2D eigenvalue weighted by atomic mass is 35.5. The Morgan fingerprint density at radius 3 is 2.61 bits per heavy atom. The van der Waals surface area contributed by atoms with Crippen molar-refractivity contribution in [3.8, 4) is 0 Å². The highest BCUT2D eigenvalue weighted by molar-refractivity contribution is 6.30. The summed E-state index contributed by atoms with van der Waals surface area (Å²) in [6.45, 7) is 4.07. The minimum atomic E-state index is -0.0496. The minimum Gasteiger partial charge on any atom is -0.543 e. The van der Waals surface area contributed by atoms with Gasteiger partial charge in [0.25, 0.3) is 5.97 Å². The lowest BCUT2D eigenvalue weighted by molar-refractivity contribution is -0.140. The molecular formula is C16H25BCl3NO2. The van der Waals surface area contributed by atoms with Gasteiger partial charge in [-0.15, -0.1) is 24.8 Å². The van der Waals surface area contributed by atoms with Gasteiger partial charge in [0, 0.05) is 23.8 Å². The first kappa shape index (κ1) is 22.4. The summed E-state index contributed by atoms with van der Waals surface area (Å²) in [6.07, 6.45) is 4.17. The predicted molar refractivity (Wildman–Crippen MR) is 104 cm³/mol. The predicted octanol–water partition coefficient (Wildman–Crippen LogP) is 3.91.